The fraction of sp³-hybridized carbons (Fsp3) is 0.420. The van der Waals surface area contributed by atoms with Crippen molar-refractivity contribution in [1.29, 1.82) is 0 Å². The predicted molar refractivity (Wildman–Crippen MR) is 252 cm³/mol. The molecular formula is C50H55ClF2N8O5. The van der Waals surface area contributed by atoms with Crippen LogP contribution in [0, 0.1) is 5.82 Å². The molecule has 3 saturated heterocycles. The highest BCUT2D eigenvalue weighted by atomic mass is 35.5. The van der Waals surface area contributed by atoms with E-state index in [0.29, 0.717) is 73.0 Å². The fourth-order valence-electron chi connectivity index (χ4n) is 9.60. The molecule has 0 saturated carbocycles. The molecule has 13 nitrogen and oxygen atoms in total. The molecule has 6 heterocycles. The number of amides is 1. The first-order chi connectivity index (χ1) is 31.7. The number of likely N-dealkylation sites (N-methyl/N-ethyl adjacent to an activating group) is 1. The zero-order valence-corrected chi connectivity index (χ0v) is 38.9. The number of fused-ring (bicyclic) bond motifs is 3. The van der Waals surface area contributed by atoms with Crippen molar-refractivity contribution >= 4 is 51.0 Å². The van der Waals surface area contributed by atoms with E-state index in [1.54, 1.807) is 31.4 Å². The molecule has 3 atom stereocenters. The number of benzene rings is 3. The molecule has 0 spiro atoms. The van der Waals surface area contributed by atoms with Gasteiger partial charge in [-0.3, -0.25) is 9.88 Å². The van der Waals surface area contributed by atoms with Crippen molar-refractivity contribution in [2.75, 3.05) is 63.9 Å². The molecule has 16 heteroatoms. The minimum absolute atomic E-state index is 0.0230. The number of methoxy groups -OCH3 is 2. The SMILES string of the molecule is COc1ccc(CN(Cc2ccc(OC)cc2)c2cc3cccc(Cl)c3c(-c3ncc4c(N(C)[C@@H]5CCN(C(=O)OC(C)(C)C)C5)nc(OC[C@@]56CCCN5C[C@H](F)C6)nc4c3F)n2)cc1. The lowest BCUT2D eigenvalue weighted by Gasteiger charge is -2.31. The number of aromatic nitrogens is 4. The first-order valence-electron chi connectivity index (χ1n) is 22.4. The second-order valence-corrected chi connectivity index (χ2v) is 19.0. The Labute approximate surface area is 388 Å². The number of alkyl halides is 1. The van der Waals surface area contributed by atoms with Crippen LogP contribution < -0.4 is 24.0 Å². The number of rotatable bonds is 13. The first kappa shape index (κ1) is 45.1. The maximum atomic E-state index is 17.8. The van der Waals surface area contributed by atoms with E-state index in [2.05, 4.69) is 9.80 Å². The summed E-state index contributed by atoms with van der Waals surface area (Å²) in [6.45, 7) is 8.56. The number of hydrogen-bond donors (Lipinski definition) is 0. The van der Waals surface area contributed by atoms with Gasteiger partial charge in [0.2, 0.25) is 0 Å². The first-order valence-corrected chi connectivity index (χ1v) is 22.8. The van der Waals surface area contributed by atoms with Gasteiger partial charge in [-0.1, -0.05) is 48.0 Å². The number of ether oxygens (including phenoxy) is 4. The standard InChI is InChI=1S/C50H55ClF2N8O5/c1-49(2,3)66-48(62)59-22-19-35(29-59)58(4)46-38-25-54-45(42(53)43(38)56-47(57-46)65-30-50-20-8-21-61(50)28-34(52)24-50)44-41-33(9-7-10-39(41)51)23-40(55-44)60(26-31-11-15-36(63-5)16-12-31)27-32-13-17-37(64-6)18-14-32/h7,9-18,23,25,34-35H,8,19-22,24,26-30H2,1-6H3/t34-,35-,50+/m1/s1. The molecule has 3 aromatic heterocycles. The molecule has 346 valence electrons. The summed E-state index contributed by atoms with van der Waals surface area (Å²) < 4.78 is 55.6. The van der Waals surface area contributed by atoms with Crippen LogP contribution >= 0.6 is 11.6 Å². The van der Waals surface area contributed by atoms with E-state index in [1.807, 2.05) is 99.4 Å². The van der Waals surface area contributed by atoms with Crippen LogP contribution in [0.1, 0.15) is 57.6 Å². The van der Waals surface area contributed by atoms with Gasteiger partial charge in [0.1, 0.15) is 58.4 Å². The van der Waals surface area contributed by atoms with Crippen molar-refractivity contribution in [3.8, 4) is 28.9 Å². The maximum Gasteiger partial charge on any atom is 0.410 e. The Morgan fingerprint density at radius 2 is 1.62 bits per heavy atom. The largest absolute Gasteiger partial charge is 0.497 e. The predicted octanol–water partition coefficient (Wildman–Crippen LogP) is 9.66. The second kappa shape index (κ2) is 18.3. The Morgan fingerprint density at radius 1 is 0.924 bits per heavy atom. The summed E-state index contributed by atoms with van der Waals surface area (Å²) in [7, 11) is 5.13. The molecule has 6 aromatic rings. The Balaban J connectivity index is 1.15. The summed E-state index contributed by atoms with van der Waals surface area (Å²) in [6.07, 6.45) is 2.89. The molecule has 0 radical (unpaired) electrons. The smallest absolute Gasteiger partial charge is 0.410 e. The second-order valence-electron chi connectivity index (χ2n) is 18.6. The normalized spacial score (nSPS) is 19.6. The summed E-state index contributed by atoms with van der Waals surface area (Å²) in [6, 6.07) is 22.9. The summed E-state index contributed by atoms with van der Waals surface area (Å²) in [5, 5.41) is 2.00. The fourth-order valence-corrected chi connectivity index (χ4v) is 9.87. The monoisotopic (exact) mass is 920 g/mol. The van der Waals surface area contributed by atoms with Crippen LogP contribution in [0.5, 0.6) is 17.5 Å². The van der Waals surface area contributed by atoms with Gasteiger partial charge < -0.3 is 33.6 Å². The Hall–Kier alpha value is -6.06. The average Bonchev–Trinajstić information content (AvgIpc) is 4.03. The number of pyridine rings is 2. The molecule has 3 aliphatic rings. The summed E-state index contributed by atoms with van der Waals surface area (Å²) in [4.78, 5) is 40.6. The van der Waals surface area contributed by atoms with Gasteiger partial charge in [-0.15, -0.1) is 0 Å². The van der Waals surface area contributed by atoms with Crippen LogP contribution in [0.2, 0.25) is 5.02 Å². The number of anilines is 2. The van der Waals surface area contributed by atoms with Crippen molar-refractivity contribution in [1.82, 2.24) is 29.7 Å². The van der Waals surface area contributed by atoms with Gasteiger partial charge in [-0.25, -0.2) is 18.6 Å². The Morgan fingerprint density at radius 3 is 2.29 bits per heavy atom. The Kier molecular flexibility index (Phi) is 12.5. The molecule has 0 bridgehead atoms. The van der Waals surface area contributed by atoms with Crippen LogP contribution in [0.3, 0.4) is 0 Å². The highest BCUT2D eigenvalue weighted by Gasteiger charge is 2.49. The number of carbonyl (C=O) groups is 1. The number of halogens is 3. The van der Waals surface area contributed by atoms with E-state index in [1.165, 1.54) is 0 Å². The highest BCUT2D eigenvalue weighted by molar-refractivity contribution is 6.36. The molecule has 0 aliphatic carbocycles. The molecule has 3 aliphatic heterocycles. The zero-order chi connectivity index (χ0) is 46.3. The minimum atomic E-state index is -0.956. The van der Waals surface area contributed by atoms with E-state index in [0.717, 1.165) is 47.4 Å². The lowest BCUT2D eigenvalue weighted by Crippen LogP contribution is -2.43. The van der Waals surface area contributed by atoms with Crippen LogP contribution in [0.15, 0.2) is 79.0 Å². The summed E-state index contributed by atoms with van der Waals surface area (Å²) >= 11 is 6.98. The Bertz CT molecular complexity index is 2690. The van der Waals surface area contributed by atoms with Crippen molar-refractivity contribution in [2.45, 2.75) is 82.9 Å². The van der Waals surface area contributed by atoms with Gasteiger partial charge in [0.05, 0.1) is 30.2 Å². The van der Waals surface area contributed by atoms with Gasteiger partial charge in [-0.05, 0) is 99.5 Å². The number of hydrogen-bond acceptors (Lipinski definition) is 12. The van der Waals surface area contributed by atoms with Crippen molar-refractivity contribution in [3.63, 3.8) is 0 Å². The zero-order valence-electron chi connectivity index (χ0n) is 38.2. The van der Waals surface area contributed by atoms with E-state index >= 15 is 4.39 Å². The van der Waals surface area contributed by atoms with Crippen LogP contribution in [-0.4, -0.2) is 113 Å². The summed E-state index contributed by atoms with van der Waals surface area (Å²) in [5.74, 6) is 1.70. The molecule has 3 aromatic carbocycles. The molecule has 66 heavy (non-hydrogen) atoms. The lowest BCUT2D eigenvalue weighted by molar-refractivity contribution is 0.0292. The van der Waals surface area contributed by atoms with Gasteiger partial charge in [-0.2, -0.15) is 9.97 Å². The topological polar surface area (TPSA) is 119 Å². The van der Waals surface area contributed by atoms with Crippen LogP contribution in [-0.2, 0) is 17.8 Å². The van der Waals surface area contributed by atoms with Gasteiger partial charge >= 0.3 is 12.1 Å². The van der Waals surface area contributed by atoms with Crippen molar-refractivity contribution in [2.24, 2.45) is 0 Å². The highest BCUT2D eigenvalue weighted by Crippen LogP contribution is 2.42. The van der Waals surface area contributed by atoms with Gasteiger partial charge in [0.25, 0.3) is 0 Å². The van der Waals surface area contributed by atoms with Gasteiger partial charge in [0.15, 0.2) is 5.82 Å². The third kappa shape index (κ3) is 9.19. The van der Waals surface area contributed by atoms with Crippen molar-refractivity contribution in [3.05, 3.63) is 101 Å². The third-order valence-corrected chi connectivity index (χ3v) is 13.3. The molecule has 0 unspecified atom stereocenters. The van der Waals surface area contributed by atoms with Crippen LogP contribution in [0.4, 0.5) is 25.2 Å². The van der Waals surface area contributed by atoms with E-state index in [9.17, 15) is 9.18 Å². The third-order valence-electron chi connectivity index (χ3n) is 13.0. The number of likely N-dealkylation sites (tertiary alicyclic amines) is 1. The van der Waals surface area contributed by atoms with Crippen molar-refractivity contribution < 1.29 is 32.5 Å². The quantitative estimate of drug-likeness (QED) is 0.110. The molecular weight excluding hydrogens is 866 g/mol. The lowest BCUT2D eigenvalue weighted by atomic mass is 9.95. The van der Waals surface area contributed by atoms with E-state index in [-0.39, 0.29) is 35.6 Å². The van der Waals surface area contributed by atoms with E-state index < -0.39 is 29.2 Å². The maximum absolute atomic E-state index is 17.8. The van der Waals surface area contributed by atoms with E-state index in [4.69, 9.17) is 50.5 Å². The van der Waals surface area contributed by atoms with Crippen LogP contribution in [0.25, 0.3) is 33.1 Å². The minimum Gasteiger partial charge on any atom is -0.497 e. The molecule has 1 amide bonds. The average molecular weight is 921 g/mol. The molecule has 0 N–H and O–H groups in total. The molecule has 3 fully saturated rings. The van der Waals surface area contributed by atoms with Gasteiger partial charge in [0, 0.05) is 63.8 Å². The number of nitrogens with zero attached hydrogens (tertiary/aromatic N) is 8. The summed E-state index contributed by atoms with van der Waals surface area (Å²) in [5.41, 5.74) is 1.03. The number of carbonyl (C=O) groups excluding carboxylic acids is 1. The molecule has 9 rings (SSSR count).